The molecule has 0 N–H and O–H groups in total. The molecule has 0 unspecified atom stereocenters. The summed E-state index contributed by atoms with van der Waals surface area (Å²) in [6, 6.07) is 26.3. The molecule has 8 nitrogen and oxygen atoms in total. The monoisotopic (exact) mass is 563 g/mol. The van der Waals surface area contributed by atoms with Crippen LogP contribution in [-0.4, -0.2) is 65.5 Å². The van der Waals surface area contributed by atoms with E-state index in [1.165, 1.54) is 16.1 Å². The molecule has 10 heteroatoms. The van der Waals surface area contributed by atoms with Crippen LogP contribution in [0, 0.1) is 0 Å². The third-order valence-electron chi connectivity index (χ3n) is 6.33. The highest BCUT2D eigenvalue weighted by atomic mass is 32.2. The Labute approximate surface area is 234 Å². The van der Waals surface area contributed by atoms with Crippen molar-refractivity contribution in [1.29, 1.82) is 0 Å². The summed E-state index contributed by atoms with van der Waals surface area (Å²) in [5.74, 6) is 0.469. The van der Waals surface area contributed by atoms with E-state index in [9.17, 15) is 13.2 Å². The maximum Gasteiger partial charge on any atom is 0.243 e. The second-order valence-electron chi connectivity index (χ2n) is 9.14. The van der Waals surface area contributed by atoms with Crippen molar-refractivity contribution in [2.45, 2.75) is 35.7 Å². The number of likely N-dealkylation sites (N-methyl/N-ethyl adjacent to an activating group) is 1. The minimum Gasteiger partial charge on any atom is -0.348 e. The third-order valence-corrected chi connectivity index (χ3v) is 9.59. The predicted octanol–water partition coefficient (Wildman–Crippen LogP) is 4.95. The summed E-state index contributed by atoms with van der Waals surface area (Å²) in [5.41, 5.74) is 2.53. The molecule has 0 spiro atoms. The van der Waals surface area contributed by atoms with E-state index >= 15 is 0 Å². The lowest BCUT2D eigenvalue weighted by Crippen LogP contribution is -2.30. The number of amides is 1. The number of benzene rings is 3. The molecule has 3 aromatic carbocycles. The zero-order chi connectivity index (χ0) is 28.0. The SMILES string of the molecule is CCN(CC)S(=O)(=O)c1cccc(-c2nnc(S[C@@H](C(=O)N(C)C)c3ccccc3)n2Cc2ccccc2)c1. The van der Waals surface area contributed by atoms with Gasteiger partial charge in [0.05, 0.1) is 11.4 Å². The van der Waals surface area contributed by atoms with Gasteiger partial charge in [0, 0.05) is 32.7 Å². The van der Waals surface area contributed by atoms with Crippen LogP contribution in [0.2, 0.25) is 0 Å². The predicted molar refractivity (Wildman–Crippen MR) is 155 cm³/mol. The molecule has 0 saturated heterocycles. The Hall–Kier alpha value is -3.47. The van der Waals surface area contributed by atoms with Crippen LogP contribution in [0.1, 0.15) is 30.2 Å². The molecule has 1 atom stereocenters. The van der Waals surface area contributed by atoms with Crippen molar-refractivity contribution in [1.82, 2.24) is 24.0 Å². The van der Waals surface area contributed by atoms with Crippen molar-refractivity contribution in [3.63, 3.8) is 0 Å². The highest BCUT2D eigenvalue weighted by Crippen LogP contribution is 2.37. The first kappa shape index (κ1) is 28.5. The van der Waals surface area contributed by atoms with Crippen LogP contribution in [0.15, 0.2) is 95.0 Å². The van der Waals surface area contributed by atoms with Crippen LogP contribution in [-0.2, 0) is 21.4 Å². The first-order valence-corrected chi connectivity index (χ1v) is 15.1. The molecule has 1 amide bonds. The van der Waals surface area contributed by atoms with Crippen LogP contribution in [0.5, 0.6) is 0 Å². The largest absolute Gasteiger partial charge is 0.348 e. The van der Waals surface area contributed by atoms with Crippen molar-refractivity contribution in [3.8, 4) is 11.4 Å². The molecule has 0 aliphatic rings. The van der Waals surface area contributed by atoms with Gasteiger partial charge < -0.3 is 4.90 Å². The number of thioether (sulfide) groups is 1. The van der Waals surface area contributed by atoms with Crippen LogP contribution in [0.25, 0.3) is 11.4 Å². The number of hydrogen-bond donors (Lipinski definition) is 0. The Morgan fingerprint density at radius 1 is 0.897 bits per heavy atom. The van der Waals surface area contributed by atoms with E-state index in [1.807, 2.05) is 85.1 Å². The van der Waals surface area contributed by atoms with Crippen LogP contribution in [0.3, 0.4) is 0 Å². The average molecular weight is 564 g/mol. The fraction of sp³-hybridized carbons (Fsp3) is 0.276. The normalized spacial score (nSPS) is 12.4. The molecule has 1 heterocycles. The van der Waals surface area contributed by atoms with Gasteiger partial charge in [0.25, 0.3) is 0 Å². The molecule has 39 heavy (non-hydrogen) atoms. The number of carbonyl (C=O) groups is 1. The van der Waals surface area contributed by atoms with Crippen molar-refractivity contribution < 1.29 is 13.2 Å². The van der Waals surface area contributed by atoms with Gasteiger partial charge in [0.15, 0.2) is 11.0 Å². The summed E-state index contributed by atoms with van der Waals surface area (Å²) in [6.45, 7) is 4.87. The smallest absolute Gasteiger partial charge is 0.243 e. The second kappa shape index (κ2) is 12.6. The van der Waals surface area contributed by atoms with E-state index in [4.69, 9.17) is 0 Å². The highest BCUT2D eigenvalue weighted by Gasteiger charge is 2.28. The van der Waals surface area contributed by atoms with Gasteiger partial charge in [-0.15, -0.1) is 10.2 Å². The molecule has 0 fully saturated rings. The number of aromatic nitrogens is 3. The average Bonchev–Trinajstić information content (AvgIpc) is 3.34. The summed E-state index contributed by atoms with van der Waals surface area (Å²) in [4.78, 5) is 15.0. The molecule has 4 rings (SSSR count). The van der Waals surface area contributed by atoms with Gasteiger partial charge in [-0.25, -0.2) is 8.42 Å². The van der Waals surface area contributed by atoms with Crippen LogP contribution < -0.4 is 0 Å². The number of hydrogen-bond acceptors (Lipinski definition) is 6. The van der Waals surface area contributed by atoms with Crippen LogP contribution >= 0.6 is 11.8 Å². The molecule has 4 aromatic rings. The van der Waals surface area contributed by atoms with E-state index in [0.29, 0.717) is 36.2 Å². The Balaban J connectivity index is 1.81. The molecule has 0 saturated carbocycles. The standard InChI is InChI=1S/C29H33N5O3S2/c1-5-33(6-2)39(36,37)25-19-13-18-24(20-25)27-30-31-29(34(27)21-22-14-9-7-10-15-22)38-26(28(35)32(3)4)23-16-11-8-12-17-23/h7-20,26H,5-6,21H2,1-4H3/t26-/m1/s1. The van der Waals surface area contributed by atoms with Gasteiger partial charge in [-0.05, 0) is 23.3 Å². The van der Waals surface area contributed by atoms with E-state index < -0.39 is 15.3 Å². The lowest BCUT2D eigenvalue weighted by molar-refractivity contribution is -0.128. The third kappa shape index (κ3) is 6.41. The molecular formula is C29H33N5O3S2. The van der Waals surface area contributed by atoms with Crippen LogP contribution in [0.4, 0.5) is 0 Å². The molecule has 0 aliphatic carbocycles. The number of carbonyl (C=O) groups excluding carboxylic acids is 1. The Bertz CT molecular complexity index is 1500. The fourth-order valence-corrected chi connectivity index (χ4v) is 6.92. The van der Waals surface area contributed by atoms with Crippen molar-refractivity contribution >= 4 is 27.7 Å². The number of sulfonamides is 1. The molecular weight excluding hydrogens is 530 g/mol. The minimum absolute atomic E-state index is 0.0608. The Kier molecular flexibility index (Phi) is 9.21. The summed E-state index contributed by atoms with van der Waals surface area (Å²) >= 11 is 1.33. The summed E-state index contributed by atoms with van der Waals surface area (Å²) in [7, 11) is -0.178. The maximum atomic E-state index is 13.2. The van der Waals surface area contributed by atoms with Gasteiger partial charge in [-0.2, -0.15) is 4.31 Å². The Morgan fingerprint density at radius 3 is 2.15 bits per heavy atom. The van der Waals surface area contributed by atoms with E-state index in [1.54, 1.807) is 37.2 Å². The highest BCUT2D eigenvalue weighted by molar-refractivity contribution is 8.00. The van der Waals surface area contributed by atoms with E-state index in [-0.39, 0.29) is 10.8 Å². The first-order chi connectivity index (χ1) is 18.8. The van der Waals surface area contributed by atoms with Gasteiger partial charge in [-0.1, -0.05) is 98.4 Å². The number of rotatable bonds is 11. The van der Waals surface area contributed by atoms with Crippen molar-refractivity contribution in [3.05, 3.63) is 96.1 Å². The minimum atomic E-state index is -3.65. The maximum absolute atomic E-state index is 13.2. The molecule has 204 valence electrons. The van der Waals surface area contributed by atoms with E-state index in [0.717, 1.165) is 11.1 Å². The zero-order valence-corrected chi connectivity index (χ0v) is 24.2. The Morgan fingerprint density at radius 2 is 1.54 bits per heavy atom. The van der Waals surface area contributed by atoms with Crippen molar-refractivity contribution in [2.24, 2.45) is 0 Å². The van der Waals surface area contributed by atoms with Gasteiger partial charge in [-0.3, -0.25) is 9.36 Å². The summed E-state index contributed by atoms with van der Waals surface area (Å²) in [5, 5.41) is 9.04. The topological polar surface area (TPSA) is 88.4 Å². The summed E-state index contributed by atoms with van der Waals surface area (Å²) < 4.78 is 29.9. The second-order valence-corrected chi connectivity index (χ2v) is 12.1. The lowest BCUT2D eigenvalue weighted by Gasteiger charge is -2.21. The van der Waals surface area contributed by atoms with Gasteiger partial charge in [0.1, 0.15) is 5.25 Å². The number of nitrogens with zero attached hydrogens (tertiary/aromatic N) is 5. The molecule has 0 aliphatic heterocycles. The van der Waals surface area contributed by atoms with E-state index in [2.05, 4.69) is 10.2 Å². The molecule has 0 bridgehead atoms. The quantitative estimate of drug-likeness (QED) is 0.240. The zero-order valence-electron chi connectivity index (χ0n) is 22.6. The molecule has 0 radical (unpaired) electrons. The summed E-state index contributed by atoms with van der Waals surface area (Å²) in [6.07, 6.45) is 0. The van der Waals surface area contributed by atoms with Crippen molar-refractivity contribution in [2.75, 3.05) is 27.2 Å². The fourth-order valence-electron chi connectivity index (χ4n) is 4.23. The first-order valence-electron chi connectivity index (χ1n) is 12.8. The van der Waals surface area contributed by atoms with Gasteiger partial charge >= 0.3 is 0 Å². The lowest BCUT2D eigenvalue weighted by atomic mass is 10.1. The van der Waals surface area contributed by atoms with Gasteiger partial charge in [0.2, 0.25) is 15.9 Å². The molecule has 1 aromatic heterocycles.